The van der Waals surface area contributed by atoms with Gasteiger partial charge in [0.05, 0.1) is 11.4 Å². The van der Waals surface area contributed by atoms with Gasteiger partial charge in [0.1, 0.15) is 0 Å². The molecule has 6 rings (SSSR count). The van der Waals surface area contributed by atoms with Gasteiger partial charge in [0.2, 0.25) is 0 Å². The average molecular weight is 814 g/mol. The maximum atomic E-state index is 4.81. The molecular weight excluding hydrogens is 777 g/mol. The van der Waals surface area contributed by atoms with Crippen LogP contribution in [-0.4, -0.2) is 26.5 Å². The van der Waals surface area contributed by atoms with Crippen molar-refractivity contribution >= 4 is 42.9 Å². The van der Waals surface area contributed by atoms with E-state index in [9.17, 15) is 0 Å². The Morgan fingerprint density at radius 2 is 0.711 bits per heavy atom. The number of hydrazone groups is 2. The van der Waals surface area contributed by atoms with Gasteiger partial charge in [-0.25, -0.2) is 0 Å². The zero-order chi connectivity index (χ0) is 30.8. The van der Waals surface area contributed by atoms with Gasteiger partial charge >= 0.3 is 69.1 Å². The third-order valence-corrected chi connectivity index (χ3v) is 5.51. The zero-order valence-corrected chi connectivity index (χ0v) is 30.2. The molecule has 45 heavy (non-hydrogen) atoms. The summed E-state index contributed by atoms with van der Waals surface area (Å²) in [7, 11) is 13.5. The predicted octanol–water partition coefficient (Wildman–Crippen LogP) is 8.44. The molecular formula is C36H36Cl2Fe2N4Pd+4. The normalized spacial score (nSPS) is 17.4. The fraction of sp³-hybridized carbons (Fsp3) is 0.0556. The van der Waals surface area contributed by atoms with E-state index in [0.717, 1.165) is 23.2 Å². The van der Waals surface area contributed by atoms with E-state index in [4.69, 9.17) is 19.1 Å². The van der Waals surface area contributed by atoms with Gasteiger partial charge < -0.3 is 0 Å². The van der Waals surface area contributed by atoms with Gasteiger partial charge in [-0.15, -0.1) is 0 Å². The summed E-state index contributed by atoms with van der Waals surface area (Å²) >= 11 is -0.106. The topological polar surface area (TPSA) is 31.2 Å². The molecule has 4 aliphatic rings. The summed E-state index contributed by atoms with van der Waals surface area (Å²) in [5, 5.41) is 12.4. The second-order valence-corrected chi connectivity index (χ2v) is 11.0. The largest absolute Gasteiger partial charge is 2.00 e. The van der Waals surface area contributed by atoms with Gasteiger partial charge in [-0.2, -0.15) is 10.2 Å². The van der Waals surface area contributed by atoms with Crippen molar-refractivity contribution in [1.29, 1.82) is 0 Å². The minimum absolute atomic E-state index is 0. The molecule has 0 spiro atoms. The van der Waals surface area contributed by atoms with Crippen LogP contribution < -0.4 is 10.0 Å². The van der Waals surface area contributed by atoms with E-state index in [1.165, 1.54) is 0 Å². The molecule has 4 nitrogen and oxygen atoms in total. The minimum Gasteiger partial charge on any atom is 2.00 e. The summed E-state index contributed by atoms with van der Waals surface area (Å²) in [5.41, 5.74) is 2.17. The van der Waals surface area contributed by atoms with E-state index in [0.29, 0.717) is 0 Å². The molecule has 0 atom stereocenters. The van der Waals surface area contributed by atoms with Gasteiger partial charge in [0.25, 0.3) is 0 Å². The van der Waals surface area contributed by atoms with Crippen LogP contribution in [0, 0.1) is 127 Å². The van der Waals surface area contributed by atoms with E-state index in [2.05, 4.69) is 10.2 Å². The molecule has 0 aromatic heterocycles. The van der Waals surface area contributed by atoms with Crippen molar-refractivity contribution in [3.05, 3.63) is 188 Å². The maximum Gasteiger partial charge on any atom is 2.00 e. The molecule has 0 heterocycles. The number of hydrogen-bond donors (Lipinski definition) is 0. The van der Waals surface area contributed by atoms with Gasteiger partial charge in [-0.1, -0.05) is 36.4 Å². The third kappa shape index (κ3) is 22.8. The number of anilines is 2. The molecule has 2 aromatic carbocycles. The summed E-state index contributed by atoms with van der Waals surface area (Å²) in [5.74, 6) is 2.25. The Morgan fingerprint density at radius 1 is 0.467 bits per heavy atom. The molecule has 4 fully saturated rings. The van der Waals surface area contributed by atoms with Gasteiger partial charge in [0.15, 0.2) is 0 Å². The van der Waals surface area contributed by atoms with E-state index < -0.39 is 0 Å². The van der Waals surface area contributed by atoms with Crippen molar-refractivity contribution in [2.24, 2.45) is 10.2 Å². The Bertz CT molecular complexity index is 859. The number of nitrogens with zero attached hydrogens (tertiary/aromatic N) is 4. The van der Waals surface area contributed by atoms with Gasteiger partial charge in [-0.05, 0) is 140 Å². The fourth-order valence-corrected chi connectivity index (χ4v) is 3.32. The average Bonchev–Trinajstić information content (AvgIpc) is 3.89. The first-order valence-corrected chi connectivity index (χ1v) is 17.4. The summed E-state index contributed by atoms with van der Waals surface area (Å²) in [6.45, 7) is 0. The Balaban J connectivity index is 0.000000600. The Kier molecular flexibility index (Phi) is 30.7. The monoisotopic (exact) mass is 812 g/mol. The van der Waals surface area contributed by atoms with Crippen LogP contribution in [0.3, 0.4) is 0 Å². The van der Waals surface area contributed by atoms with Crippen molar-refractivity contribution < 1.29 is 50.1 Å². The Labute approximate surface area is 313 Å². The second kappa shape index (κ2) is 31.0. The molecule has 0 N–H and O–H groups in total. The zero-order valence-electron chi connectivity index (χ0n) is 24.9. The van der Waals surface area contributed by atoms with Crippen molar-refractivity contribution in [2.75, 3.05) is 24.1 Å². The fourth-order valence-electron chi connectivity index (χ4n) is 3.32. The molecule has 0 saturated heterocycles. The molecule has 0 aliphatic heterocycles. The molecule has 0 bridgehead atoms. The third-order valence-electron chi connectivity index (χ3n) is 5.51. The number of halogens is 2. The quantitative estimate of drug-likeness (QED) is 0.167. The first kappa shape index (κ1) is 44.7. The van der Waals surface area contributed by atoms with Crippen LogP contribution in [0.1, 0.15) is 0 Å². The Morgan fingerprint density at radius 3 is 0.956 bits per heavy atom. The summed E-state index contributed by atoms with van der Waals surface area (Å²) < 4.78 is 0. The predicted molar refractivity (Wildman–Crippen MR) is 182 cm³/mol. The van der Waals surface area contributed by atoms with Crippen LogP contribution in [0.25, 0.3) is 0 Å². The van der Waals surface area contributed by atoms with Crippen LogP contribution in [0.5, 0.6) is 0 Å². The smallest absolute Gasteiger partial charge is 2.00 e. The molecule has 4 aliphatic carbocycles. The van der Waals surface area contributed by atoms with Crippen LogP contribution in [0.2, 0.25) is 0 Å². The minimum atomic E-state index is -0.106. The van der Waals surface area contributed by atoms with E-state index in [-0.39, 0.29) is 50.1 Å². The van der Waals surface area contributed by atoms with E-state index in [1.807, 2.05) is 213 Å². The number of rotatable bonds is 6. The molecule has 0 unspecified atom stereocenters. The van der Waals surface area contributed by atoms with Crippen LogP contribution in [0.15, 0.2) is 70.9 Å². The summed E-state index contributed by atoms with van der Waals surface area (Å²) in [6.07, 6.45) is 39.8. The molecule has 2 aromatic rings. The summed E-state index contributed by atoms with van der Waals surface area (Å²) in [4.78, 5) is 0. The number of hydrogen-bond acceptors (Lipinski definition) is 4. The molecule has 9 heteroatoms. The summed E-state index contributed by atoms with van der Waals surface area (Å²) in [6, 6.07) is 20.1. The van der Waals surface area contributed by atoms with Crippen molar-refractivity contribution in [3.63, 3.8) is 0 Å². The van der Waals surface area contributed by atoms with Gasteiger partial charge in [-0.3, -0.25) is 10.0 Å². The molecule has 0 amide bonds. The van der Waals surface area contributed by atoms with Crippen LogP contribution in [0.4, 0.5) is 11.4 Å². The van der Waals surface area contributed by atoms with Crippen molar-refractivity contribution in [2.45, 2.75) is 0 Å². The molecule has 20 radical (unpaired) electrons. The van der Waals surface area contributed by atoms with E-state index in [1.54, 1.807) is 0 Å². The van der Waals surface area contributed by atoms with Gasteiger partial charge in [0, 0.05) is 38.4 Å². The number of benzene rings is 2. The first-order valence-electron chi connectivity index (χ1n) is 13.4. The second-order valence-electron chi connectivity index (χ2n) is 8.61. The van der Waals surface area contributed by atoms with E-state index >= 15 is 0 Å². The standard InChI is InChI=1S/2C13H13N2.2C5H5.2ClH.2Fe.Pd/c2*1-15(13-9-3-2-4-10-13)14-11-12-7-5-6-8-12;2*1-2-4-5-3-1;;;;;/h2*2-11H,1H3;2*1-5H;2*1H;;;/q;;;;;;3*+2/p-2/b2*14-11+;;;;;;;. The Hall–Kier alpha value is -0.339. The van der Waals surface area contributed by atoms with Crippen LogP contribution >= 0.6 is 19.1 Å². The van der Waals surface area contributed by atoms with Crippen molar-refractivity contribution in [3.8, 4) is 0 Å². The molecule has 4 saturated carbocycles. The first-order chi connectivity index (χ1) is 21.1. The molecule has 236 valence electrons. The maximum absolute atomic E-state index is 4.81. The van der Waals surface area contributed by atoms with Crippen molar-refractivity contribution in [1.82, 2.24) is 0 Å². The van der Waals surface area contributed by atoms with Crippen LogP contribution in [-0.2, 0) is 50.1 Å². The number of para-hydroxylation sites is 2. The SMILES string of the molecule is CN(/N=C/[C]1[CH][CH][CH][CH]1)c1ccccc1.CN(/N=C/[C]1[CH][CH][CH][CH]1)c1ccccc1.[CH]1[CH][CH][CH][CH]1.[CH]1[CH][CH][CH][CH]1.[Cl][Pd][Cl].[Fe+2].[Fe+2].